The molecule has 1 saturated heterocycles. The van der Waals surface area contributed by atoms with Gasteiger partial charge < -0.3 is 4.90 Å². The number of hydrogen-bond donors (Lipinski definition) is 1. The van der Waals surface area contributed by atoms with E-state index in [9.17, 15) is 8.42 Å². The highest BCUT2D eigenvalue weighted by Gasteiger charge is 2.23. The Labute approximate surface area is 175 Å². The molecule has 4 nitrogen and oxygen atoms in total. The standard InChI is InChI=1S/C22H30N2O2S.ClH/c1-3-5-18-6-12-22(13-7-18)27(25,26)23-21-10-8-19(9-11-21)20-14-16-24(17-20)15-4-2;/h6-13,20,23H,3-5,14-17H2,1-2H3;1H. The lowest BCUT2D eigenvalue weighted by Gasteiger charge is -2.15. The second kappa shape index (κ2) is 10.3. The molecule has 1 atom stereocenters. The van der Waals surface area contributed by atoms with E-state index in [0.717, 1.165) is 38.0 Å². The molecule has 28 heavy (non-hydrogen) atoms. The van der Waals surface area contributed by atoms with Crippen LogP contribution in [0.25, 0.3) is 0 Å². The van der Waals surface area contributed by atoms with Crippen molar-refractivity contribution in [1.82, 2.24) is 4.90 Å². The number of sulfonamides is 1. The number of nitrogens with one attached hydrogen (secondary N) is 1. The van der Waals surface area contributed by atoms with Gasteiger partial charge in [0.25, 0.3) is 10.0 Å². The van der Waals surface area contributed by atoms with E-state index in [4.69, 9.17) is 0 Å². The fourth-order valence-electron chi connectivity index (χ4n) is 3.79. The molecule has 1 aliphatic heterocycles. The molecule has 154 valence electrons. The van der Waals surface area contributed by atoms with Crippen LogP contribution in [0.15, 0.2) is 53.4 Å². The molecule has 0 aromatic heterocycles. The van der Waals surface area contributed by atoms with E-state index in [2.05, 4.69) is 35.6 Å². The van der Waals surface area contributed by atoms with Crippen molar-refractivity contribution in [2.45, 2.75) is 50.3 Å². The summed E-state index contributed by atoms with van der Waals surface area (Å²) in [5.74, 6) is 0.549. The fourth-order valence-corrected chi connectivity index (χ4v) is 4.84. The van der Waals surface area contributed by atoms with Crippen LogP contribution in [0.1, 0.15) is 50.2 Å². The highest BCUT2D eigenvalue weighted by Crippen LogP contribution is 2.28. The maximum atomic E-state index is 12.6. The monoisotopic (exact) mass is 422 g/mol. The molecule has 0 bridgehead atoms. The Hall–Kier alpha value is -1.56. The fraction of sp³-hybridized carbons (Fsp3) is 0.455. The van der Waals surface area contributed by atoms with Crippen LogP contribution in [0, 0.1) is 0 Å². The minimum absolute atomic E-state index is 0. The minimum Gasteiger partial charge on any atom is -0.303 e. The molecule has 1 N–H and O–H groups in total. The lowest BCUT2D eigenvalue weighted by Crippen LogP contribution is -2.20. The summed E-state index contributed by atoms with van der Waals surface area (Å²) in [4.78, 5) is 2.81. The summed E-state index contributed by atoms with van der Waals surface area (Å²) in [5.41, 5.74) is 3.06. The SMILES string of the molecule is CCCc1ccc(S(=O)(=O)Nc2ccc(C3CCN(CCC)C3)cc2)cc1.Cl. The van der Waals surface area contributed by atoms with Crippen LogP contribution < -0.4 is 4.72 Å². The van der Waals surface area contributed by atoms with E-state index in [1.165, 1.54) is 18.4 Å². The van der Waals surface area contributed by atoms with Gasteiger partial charge in [-0.15, -0.1) is 12.4 Å². The van der Waals surface area contributed by atoms with Gasteiger partial charge in [-0.1, -0.05) is 44.5 Å². The molecule has 0 aliphatic carbocycles. The van der Waals surface area contributed by atoms with Crippen molar-refractivity contribution in [3.8, 4) is 0 Å². The van der Waals surface area contributed by atoms with Crippen molar-refractivity contribution < 1.29 is 8.42 Å². The van der Waals surface area contributed by atoms with Crippen molar-refractivity contribution in [2.24, 2.45) is 0 Å². The summed E-state index contributed by atoms with van der Waals surface area (Å²) in [7, 11) is -3.55. The van der Waals surface area contributed by atoms with Crippen molar-refractivity contribution in [2.75, 3.05) is 24.4 Å². The third-order valence-corrected chi connectivity index (χ3v) is 6.62. The number of rotatable bonds is 8. The lowest BCUT2D eigenvalue weighted by molar-refractivity contribution is 0.335. The molecule has 0 amide bonds. The van der Waals surface area contributed by atoms with Gasteiger partial charge in [0.1, 0.15) is 0 Å². The van der Waals surface area contributed by atoms with Gasteiger partial charge in [0.05, 0.1) is 4.90 Å². The molecule has 2 aromatic rings. The first-order valence-electron chi connectivity index (χ1n) is 9.96. The molecule has 1 unspecified atom stereocenters. The van der Waals surface area contributed by atoms with E-state index in [1.807, 2.05) is 24.3 Å². The third kappa shape index (κ3) is 5.72. The Morgan fingerprint density at radius 1 is 1.00 bits per heavy atom. The first-order valence-corrected chi connectivity index (χ1v) is 11.4. The predicted octanol–water partition coefficient (Wildman–Crippen LogP) is 5.06. The van der Waals surface area contributed by atoms with Crippen molar-refractivity contribution in [1.29, 1.82) is 0 Å². The zero-order valence-electron chi connectivity index (χ0n) is 16.7. The Bertz CT molecular complexity index is 836. The maximum absolute atomic E-state index is 12.6. The topological polar surface area (TPSA) is 49.4 Å². The zero-order chi connectivity index (χ0) is 19.3. The number of benzene rings is 2. The highest BCUT2D eigenvalue weighted by molar-refractivity contribution is 7.92. The number of halogens is 1. The molecule has 2 aromatic carbocycles. The van der Waals surface area contributed by atoms with Gasteiger partial charge in [0.15, 0.2) is 0 Å². The normalized spacial score (nSPS) is 17.3. The van der Waals surface area contributed by atoms with Crippen LogP contribution in [-0.2, 0) is 16.4 Å². The summed E-state index contributed by atoms with van der Waals surface area (Å²) >= 11 is 0. The lowest BCUT2D eigenvalue weighted by atomic mass is 9.98. The van der Waals surface area contributed by atoms with E-state index in [-0.39, 0.29) is 12.4 Å². The number of hydrogen-bond acceptors (Lipinski definition) is 3. The Balaban J connectivity index is 0.00000280. The average molecular weight is 423 g/mol. The van der Waals surface area contributed by atoms with E-state index in [1.54, 1.807) is 12.1 Å². The Morgan fingerprint density at radius 3 is 2.29 bits per heavy atom. The van der Waals surface area contributed by atoms with Crippen LogP contribution >= 0.6 is 12.4 Å². The number of nitrogens with zero attached hydrogens (tertiary/aromatic N) is 1. The van der Waals surface area contributed by atoms with Crippen LogP contribution in [0.2, 0.25) is 0 Å². The van der Waals surface area contributed by atoms with E-state index < -0.39 is 10.0 Å². The first kappa shape index (κ1) is 22.7. The Morgan fingerprint density at radius 2 is 1.68 bits per heavy atom. The third-order valence-electron chi connectivity index (χ3n) is 5.22. The molecule has 6 heteroatoms. The zero-order valence-corrected chi connectivity index (χ0v) is 18.4. The van der Waals surface area contributed by atoms with Crippen LogP contribution in [0.3, 0.4) is 0 Å². The number of likely N-dealkylation sites (tertiary alicyclic amines) is 1. The Kier molecular flexibility index (Phi) is 8.35. The average Bonchev–Trinajstić information content (AvgIpc) is 3.12. The largest absolute Gasteiger partial charge is 0.303 e. The summed E-state index contributed by atoms with van der Waals surface area (Å²) in [6.45, 7) is 7.74. The smallest absolute Gasteiger partial charge is 0.261 e. The molecule has 0 radical (unpaired) electrons. The van der Waals surface area contributed by atoms with Crippen molar-refractivity contribution in [3.63, 3.8) is 0 Å². The summed E-state index contributed by atoms with van der Waals surface area (Å²) in [6, 6.07) is 15.0. The van der Waals surface area contributed by atoms with Gasteiger partial charge >= 0.3 is 0 Å². The molecule has 1 fully saturated rings. The number of anilines is 1. The predicted molar refractivity (Wildman–Crippen MR) is 119 cm³/mol. The van der Waals surface area contributed by atoms with Crippen molar-refractivity contribution in [3.05, 3.63) is 59.7 Å². The summed E-state index contributed by atoms with van der Waals surface area (Å²) in [5, 5.41) is 0. The first-order chi connectivity index (χ1) is 13.0. The highest BCUT2D eigenvalue weighted by atomic mass is 35.5. The molecule has 1 aliphatic rings. The molecular weight excluding hydrogens is 392 g/mol. The van der Waals surface area contributed by atoms with Crippen molar-refractivity contribution >= 4 is 28.1 Å². The van der Waals surface area contributed by atoms with E-state index in [0.29, 0.717) is 16.5 Å². The molecule has 0 spiro atoms. The summed E-state index contributed by atoms with van der Waals surface area (Å²) in [6.07, 6.45) is 4.38. The quantitative estimate of drug-likeness (QED) is 0.646. The van der Waals surface area contributed by atoms with Gasteiger partial charge in [0, 0.05) is 12.2 Å². The molecule has 1 heterocycles. The van der Waals surface area contributed by atoms with Crippen LogP contribution in [0.4, 0.5) is 5.69 Å². The van der Waals surface area contributed by atoms with Crippen LogP contribution in [-0.4, -0.2) is 33.0 Å². The van der Waals surface area contributed by atoms with Gasteiger partial charge in [-0.25, -0.2) is 8.42 Å². The van der Waals surface area contributed by atoms with E-state index >= 15 is 0 Å². The summed E-state index contributed by atoms with van der Waals surface area (Å²) < 4.78 is 27.9. The minimum atomic E-state index is -3.55. The van der Waals surface area contributed by atoms with Gasteiger partial charge in [-0.05, 0) is 73.7 Å². The number of aryl methyl sites for hydroxylation is 1. The second-order valence-electron chi connectivity index (χ2n) is 7.41. The van der Waals surface area contributed by atoms with Gasteiger partial charge in [0.2, 0.25) is 0 Å². The van der Waals surface area contributed by atoms with Gasteiger partial charge in [-0.3, -0.25) is 4.72 Å². The van der Waals surface area contributed by atoms with Gasteiger partial charge in [-0.2, -0.15) is 0 Å². The molecule has 0 saturated carbocycles. The molecule has 3 rings (SSSR count). The molecular formula is C22H31ClN2O2S. The maximum Gasteiger partial charge on any atom is 0.261 e. The van der Waals surface area contributed by atoms with Crippen LogP contribution in [0.5, 0.6) is 0 Å². The second-order valence-corrected chi connectivity index (χ2v) is 9.09.